The number of imide groups is 1. The SMILES string of the molecule is CC.COc1ncc(C(=O)N2CCC(OCC#Cc3ccc[c-]c3N(C)[C-]=O)CC2)cc1-c1nc2c(n1C(C)C)CN(c1cc(Cl)cn(C)c1=O)C2=O.Clc1ccccc1.[CH2-]CC(=O)N[C-]=O.[Na+]. The fourth-order valence-electron chi connectivity index (χ4n) is 6.90. The molecule has 1 fully saturated rings. The van der Waals surface area contributed by atoms with Crippen LogP contribution >= 0.6 is 23.2 Å². The molecular weight excluding hydrogens is 922 g/mol. The zero-order valence-corrected chi connectivity index (χ0v) is 42.9. The molecule has 0 unspecified atom stereocenters. The summed E-state index contributed by atoms with van der Waals surface area (Å²) in [7, 11) is 4.66. The Hall–Kier alpha value is -5.80. The van der Waals surface area contributed by atoms with Gasteiger partial charge in [0.2, 0.25) is 5.88 Å². The van der Waals surface area contributed by atoms with E-state index in [-0.39, 0.29) is 90.0 Å². The van der Waals surface area contributed by atoms with Crippen LogP contribution < -0.4 is 55.0 Å². The van der Waals surface area contributed by atoms with Crippen LogP contribution in [0.15, 0.2) is 77.9 Å². The number of benzene rings is 2. The molecule has 0 radical (unpaired) electrons. The fourth-order valence-corrected chi connectivity index (χ4v) is 7.30. The first-order chi connectivity index (χ1) is 32.2. The first-order valence-corrected chi connectivity index (χ1v) is 22.0. The largest absolute Gasteiger partial charge is 1.00 e. The van der Waals surface area contributed by atoms with Crippen molar-refractivity contribution in [3.05, 3.63) is 129 Å². The zero-order valence-electron chi connectivity index (χ0n) is 39.4. The Morgan fingerprint density at radius 2 is 1.75 bits per heavy atom. The van der Waals surface area contributed by atoms with Gasteiger partial charge in [-0.15, -0.1) is 5.56 Å². The normalized spacial score (nSPS) is 12.5. The maximum absolute atomic E-state index is 13.7. The third-order valence-electron chi connectivity index (χ3n) is 10.0. The number of nitrogens with zero attached hydrogens (tertiary/aromatic N) is 7. The summed E-state index contributed by atoms with van der Waals surface area (Å²) in [6, 6.07) is 20.8. The molecule has 2 aliphatic heterocycles. The van der Waals surface area contributed by atoms with Crippen LogP contribution in [0.25, 0.3) is 11.4 Å². The number of carbonyl (C=O) groups excluding carboxylic acids is 5. The smallest absolute Gasteiger partial charge is 0.500 e. The number of fused-ring (bicyclic) bond motifs is 1. The molecule has 19 heteroatoms. The molecule has 5 aromatic rings. The van der Waals surface area contributed by atoms with E-state index in [0.717, 1.165) is 5.02 Å². The molecule has 2 aromatic carbocycles. The molecule has 5 heterocycles. The Kier molecular flexibility index (Phi) is 23.2. The molecule has 354 valence electrons. The van der Waals surface area contributed by atoms with Gasteiger partial charge in [0.1, 0.15) is 18.1 Å². The van der Waals surface area contributed by atoms with Crippen molar-refractivity contribution in [3.63, 3.8) is 0 Å². The van der Waals surface area contributed by atoms with Crippen LogP contribution in [0.5, 0.6) is 5.88 Å². The molecule has 16 nitrogen and oxygen atoms in total. The topological polar surface area (TPSA) is 178 Å². The van der Waals surface area contributed by atoms with Crippen LogP contribution in [0.1, 0.15) is 85.1 Å². The van der Waals surface area contributed by atoms with Crippen LogP contribution in [0.4, 0.5) is 11.4 Å². The van der Waals surface area contributed by atoms with Gasteiger partial charge in [0.05, 0.1) is 54.4 Å². The molecule has 3 aromatic heterocycles. The van der Waals surface area contributed by atoms with Crippen molar-refractivity contribution in [2.75, 3.05) is 43.7 Å². The number of ether oxygens (including phenoxy) is 2. The molecule has 0 aliphatic carbocycles. The number of imidazole rings is 1. The minimum Gasteiger partial charge on any atom is -0.500 e. The van der Waals surface area contributed by atoms with Crippen molar-refractivity contribution < 1.29 is 63.0 Å². The minimum absolute atomic E-state index is 0. The molecular formula is C49H52Cl2N8NaO8-3. The van der Waals surface area contributed by atoms with Crippen molar-refractivity contribution in [1.29, 1.82) is 0 Å². The van der Waals surface area contributed by atoms with Gasteiger partial charge in [0.25, 0.3) is 17.4 Å². The van der Waals surface area contributed by atoms with Crippen LogP contribution in [-0.4, -0.2) is 94.5 Å². The Morgan fingerprint density at radius 3 is 2.32 bits per heavy atom. The predicted octanol–water partition coefficient (Wildman–Crippen LogP) is 3.79. The summed E-state index contributed by atoms with van der Waals surface area (Å²) >= 11 is 11.8. The van der Waals surface area contributed by atoms with E-state index in [1.807, 2.05) is 69.0 Å². The average molecular weight is 975 g/mol. The number of pyridine rings is 2. The maximum atomic E-state index is 13.7. The van der Waals surface area contributed by atoms with Gasteiger partial charge in [0.15, 0.2) is 5.69 Å². The number of hydrogen-bond acceptors (Lipinski definition) is 10. The van der Waals surface area contributed by atoms with Crippen LogP contribution in [0, 0.1) is 24.8 Å². The second kappa shape index (κ2) is 27.9. The zero-order chi connectivity index (χ0) is 49.2. The Labute approximate surface area is 429 Å². The summed E-state index contributed by atoms with van der Waals surface area (Å²) < 4.78 is 14.8. The number of piperidine rings is 1. The molecule has 1 N–H and O–H groups in total. The number of nitrogens with one attached hydrogen (secondary N) is 1. The van der Waals surface area contributed by atoms with Gasteiger partial charge >= 0.3 is 29.6 Å². The number of carbonyl (C=O) groups is 3. The Balaban J connectivity index is 0.000000616. The van der Waals surface area contributed by atoms with Crippen molar-refractivity contribution >= 4 is 65.1 Å². The van der Waals surface area contributed by atoms with Crippen molar-refractivity contribution in [2.45, 2.75) is 65.6 Å². The molecule has 0 spiro atoms. The van der Waals surface area contributed by atoms with Crippen LogP contribution in [0.2, 0.25) is 10.0 Å². The van der Waals surface area contributed by atoms with E-state index in [0.29, 0.717) is 64.8 Å². The van der Waals surface area contributed by atoms with Gasteiger partial charge in [-0.3, -0.25) is 25.3 Å². The number of hydrogen-bond donors (Lipinski definition) is 1. The summed E-state index contributed by atoms with van der Waals surface area (Å²) in [6.07, 6.45) is 7.30. The monoisotopic (exact) mass is 973 g/mol. The summed E-state index contributed by atoms with van der Waals surface area (Å²) in [4.78, 5) is 84.3. The molecule has 0 bridgehead atoms. The van der Waals surface area contributed by atoms with Gasteiger partial charge in [-0.1, -0.05) is 61.2 Å². The van der Waals surface area contributed by atoms with Crippen LogP contribution in [-0.2, 0) is 32.7 Å². The van der Waals surface area contributed by atoms with Crippen LogP contribution in [0.3, 0.4) is 0 Å². The average Bonchev–Trinajstić information content (AvgIpc) is 3.88. The number of amides is 5. The van der Waals surface area contributed by atoms with E-state index in [2.05, 4.69) is 29.8 Å². The van der Waals surface area contributed by atoms with Gasteiger partial charge in [-0.25, -0.2) is 15.7 Å². The third kappa shape index (κ3) is 14.6. The molecule has 2 aliphatic rings. The third-order valence-corrected chi connectivity index (χ3v) is 10.5. The fraction of sp³-hybridized carbons (Fsp3) is 0.327. The van der Waals surface area contributed by atoms with E-state index in [1.54, 1.807) is 48.6 Å². The number of aromatic nitrogens is 4. The number of anilines is 2. The van der Waals surface area contributed by atoms with E-state index in [4.69, 9.17) is 37.7 Å². The van der Waals surface area contributed by atoms with Gasteiger partial charge in [-0.2, -0.15) is 30.5 Å². The second-order valence-corrected chi connectivity index (χ2v) is 15.6. The summed E-state index contributed by atoms with van der Waals surface area (Å²) in [6.45, 7) is 12.4. The van der Waals surface area contributed by atoms with Gasteiger partial charge in [0, 0.05) is 49.5 Å². The van der Waals surface area contributed by atoms with Crippen molar-refractivity contribution in [1.82, 2.24) is 29.3 Å². The van der Waals surface area contributed by atoms with Gasteiger partial charge < -0.3 is 55.0 Å². The summed E-state index contributed by atoms with van der Waals surface area (Å²) in [5.74, 6) is 5.71. The number of likely N-dealkylation sites (tertiary alicyclic amines) is 1. The van der Waals surface area contributed by atoms with E-state index < -0.39 is 11.8 Å². The Morgan fingerprint density at radius 1 is 1.06 bits per heavy atom. The molecule has 1 saturated heterocycles. The van der Waals surface area contributed by atoms with E-state index in [1.165, 1.54) is 46.3 Å². The first kappa shape index (κ1) is 56.5. The molecule has 0 saturated carbocycles. The molecule has 5 amide bonds. The first-order valence-electron chi connectivity index (χ1n) is 21.2. The minimum atomic E-state index is -0.423. The quantitative estimate of drug-likeness (QED) is 0.0887. The number of halogens is 2. The van der Waals surface area contributed by atoms with E-state index in [9.17, 15) is 28.8 Å². The number of aryl methyl sites for hydroxylation is 1. The Bertz CT molecular complexity index is 2640. The summed E-state index contributed by atoms with van der Waals surface area (Å²) in [5, 5.41) is 2.91. The standard InChI is InChI=1S/C37H36ClN7O6.C6H5Cl.C4H5NO2.C2H6.Na/c1-23(2)45-31-21-44(30-18-26(38)20-41(3)36(30)48)37(49)32(31)40-33(45)28-17-25(19-39-34(28)50-5)35(47)43-14-12-27(13-15-43)51-16-8-10-24-9-6-7-11-29(24)42(4)22-46;7-6-4-2-1-3-5-6;1-2-4(7)5-3-6;1-2;/h6-7,9,17-20,23,27H,12-16,21H2,1-5H3;1-5H;1-2H2,(H,5,6,7);1-2H3;/q-2;;-2;;+1. The number of para-hydroxylation sites is 1. The van der Waals surface area contributed by atoms with Gasteiger partial charge in [-0.05, 0) is 58.0 Å². The van der Waals surface area contributed by atoms with Crippen molar-refractivity contribution in [2.24, 2.45) is 7.05 Å². The number of methoxy groups -OCH3 is 1. The van der Waals surface area contributed by atoms with Crippen molar-refractivity contribution in [3.8, 4) is 29.1 Å². The molecule has 0 atom stereocenters. The van der Waals surface area contributed by atoms with E-state index >= 15 is 0 Å². The number of rotatable bonds is 11. The second-order valence-electron chi connectivity index (χ2n) is 14.7. The molecule has 68 heavy (non-hydrogen) atoms. The predicted molar refractivity (Wildman–Crippen MR) is 257 cm³/mol. The molecule has 7 rings (SSSR count). The maximum Gasteiger partial charge on any atom is 1.00 e. The summed E-state index contributed by atoms with van der Waals surface area (Å²) in [5.41, 5.74) is 2.68.